The Morgan fingerprint density at radius 1 is 1.21 bits per heavy atom. The largest absolute Gasteiger partial charge is 0.330 e. The molecule has 0 atom stereocenters. The predicted octanol–water partition coefficient (Wildman–Crippen LogP) is 2.61. The second kappa shape index (κ2) is 5.24. The Morgan fingerprint density at radius 2 is 1.84 bits per heavy atom. The van der Waals surface area contributed by atoms with Gasteiger partial charge in [-0.05, 0) is 6.42 Å². The summed E-state index contributed by atoms with van der Waals surface area (Å²) in [6, 6.07) is 8.89. The molecule has 0 radical (unpaired) electrons. The lowest BCUT2D eigenvalue weighted by atomic mass is 10.1. The molecule has 2 rings (SSSR count). The number of nitrogens with zero attached hydrogens (tertiary/aromatic N) is 2. The molecule has 2 aromatic rings. The van der Waals surface area contributed by atoms with Crippen LogP contribution in [-0.4, -0.2) is 22.9 Å². The molecule has 0 saturated heterocycles. The molecule has 1 heterocycles. The van der Waals surface area contributed by atoms with Gasteiger partial charge in [-0.3, -0.25) is 4.55 Å². The first kappa shape index (κ1) is 13.9. The van der Waals surface area contributed by atoms with Crippen molar-refractivity contribution in [3.63, 3.8) is 0 Å². The third kappa shape index (κ3) is 2.91. The van der Waals surface area contributed by atoms with Gasteiger partial charge in [-0.15, -0.1) is 0 Å². The standard InChI is InChI=1S/C12H11ClN2O3S/c1-2-9-10(13)11(8-6-4-3-5-7-8)15-12(14-9)19(16,17)18/h3-7H,2H2,1H3,(H,16,17,18). The van der Waals surface area contributed by atoms with E-state index in [1.54, 1.807) is 31.2 Å². The number of aryl methyl sites for hydroxylation is 1. The van der Waals surface area contributed by atoms with Gasteiger partial charge in [0.05, 0.1) is 16.4 Å². The van der Waals surface area contributed by atoms with E-state index in [-0.39, 0.29) is 0 Å². The molecule has 19 heavy (non-hydrogen) atoms. The van der Waals surface area contributed by atoms with Gasteiger partial charge in [0.15, 0.2) is 0 Å². The Kier molecular flexibility index (Phi) is 3.84. The van der Waals surface area contributed by atoms with E-state index in [9.17, 15) is 8.42 Å². The van der Waals surface area contributed by atoms with Crippen LogP contribution in [-0.2, 0) is 16.5 Å². The van der Waals surface area contributed by atoms with Gasteiger partial charge in [-0.2, -0.15) is 8.42 Å². The van der Waals surface area contributed by atoms with Crippen LogP contribution in [0.25, 0.3) is 11.3 Å². The molecule has 0 spiro atoms. The zero-order valence-electron chi connectivity index (χ0n) is 10.0. The number of hydrogen-bond acceptors (Lipinski definition) is 4. The van der Waals surface area contributed by atoms with E-state index in [2.05, 4.69) is 9.97 Å². The quantitative estimate of drug-likeness (QED) is 0.696. The van der Waals surface area contributed by atoms with E-state index < -0.39 is 15.3 Å². The molecular weight excluding hydrogens is 288 g/mol. The average molecular weight is 299 g/mol. The lowest BCUT2D eigenvalue weighted by Crippen LogP contribution is -2.08. The summed E-state index contributed by atoms with van der Waals surface area (Å²) >= 11 is 6.16. The smallest absolute Gasteiger partial charge is 0.279 e. The fourth-order valence-electron chi connectivity index (χ4n) is 1.61. The minimum Gasteiger partial charge on any atom is -0.279 e. The lowest BCUT2D eigenvalue weighted by Gasteiger charge is -2.08. The third-order valence-electron chi connectivity index (χ3n) is 2.51. The van der Waals surface area contributed by atoms with Gasteiger partial charge in [-0.25, -0.2) is 9.97 Å². The first-order chi connectivity index (χ1) is 8.93. The molecule has 0 aliphatic rings. The van der Waals surface area contributed by atoms with E-state index in [0.717, 1.165) is 0 Å². The van der Waals surface area contributed by atoms with Crippen molar-refractivity contribution in [3.8, 4) is 11.3 Å². The van der Waals surface area contributed by atoms with E-state index in [0.29, 0.717) is 28.4 Å². The molecule has 1 N–H and O–H groups in total. The van der Waals surface area contributed by atoms with Crippen LogP contribution in [0.4, 0.5) is 0 Å². The summed E-state index contributed by atoms with van der Waals surface area (Å²) < 4.78 is 31.4. The Morgan fingerprint density at radius 3 is 2.37 bits per heavy atom. The van der Waals surface area contributed by atoms with Crippen molar-refractivity contribution in [1.82, 2.24) is 9.97 Å². The zero-order chi connectivity index (χ0) is 14.0. The zero-order valence-corrected chi connectivity index (χ0v) is 11.6. The lowest BCUT2D eigenvalue weighted by molar-refractivity contribution is 0.473. The minimum absolute atomic E-state index is 0.293. The monoisotopic (exact) mass is 298 g/mol. The van der Waals surface area contributed by atoms with Gasteiger partial charge in [0.2, 0.25) is 0 Å². The Hall–Kier alpha value is -1.50. The van der Waals surface area contributed by atoms with Gasteiger partial charge >= 0.3 is 10.1 Å². The van der Waals surface area contributed by atoms with Gasteiger partial charge in [0.25, 0.3) is 5.16 Å². The molecule has 1 aromatic heterocycles. The normalized spacial score (nSPS) is 11.5. The van der Waals surface area contributed by atoms with Crippen molar-refractivity contribution < 1.29 is 13.0 Å². The van der Waals surface area contributed by atoms with Gasteiger partial charge in [-0.1, -0.05) is 48.9 Å². The molecule has 0 unspecified atom stereocenters. The maximum atomic E-state index is 11.2. The van der Waals surface area contributed by atoms with Gasteiger partial charge < -0.3 is 0 Å². The molecule has 7 heteroatoms. The predicted molar refractivity (Wildman–Crippen MR) is 71.7 cm³/mol. The molecule has 1 aromatic carbocycles. The van der Waals surface area contributed by atoms with Crippen LogP contribution in [0.2, 0.25) is 5.02 Å². The summed E-state index contributed by atoms with van der Waals surface area (Å²) in [5.74, 6) is 0. The van der Waals surface area contributed by atoms with Crippen molar-refractivity contribution in [2.24, 2.45) is 0 Å². The maximum absolute atomic E-state index is 11.2. The van der Waals surface area contributed by atoms with Crippen molar-refractivity contribution in [2.75, 3.05) is 0 Å². The summed E-state index contributed by atoms with van der Waals surface area (Å²) in [4.78, 5) is 7.61. The Balaban J connectivity index is 2.74. The van der Waals surface area contributed by atoms with E-state index >= 15 is 0 Å². The molecular formula is C12H11ClN2O3S. The number of halogens is 1. The fraction of sp³-hybridized carbons (Fsp3) is 0.167. The highest BCUT2D eigenvalue weighted by Crippen LogP contribution is 2.29. The minimum atomic E-state index is -4.46. The molecule has 0 aliphatic heterocycles. The summed E-state index contributed by atoms with van der Waals surface area (Å²) in [7, 11) is -4.46. The maximum Gasteiger partial charge on any atom is 0.330 e. The van der Waals surface area contributed by atoms with E-state index in [1.165, 1.54) is 0 Å². The Labute approximate surface area is 116 Å². The van der Waals surface area contributed by atoms with Gasteiger partial charge in [0.1, 0.15) is 0 Å². The summed E-state index contributed by atoms with van der Waals surface area (Å²) in [5, 5.41) is -0.339. The highest BCUT2D eigenvalue weighted by molar-refractivity contribution is 7.85. The molecule has 0 bridgehead atoms. The second-order valence-corrected chi connectivity index (χ2v) is 5.50. The topological polar surface area (TPSA) is 80.2 Å². The molecule has 0 amide bonds. The molecule has 0 aliphatic carbocycles. The number of benzene rings is 1. The SMILES string of the molecule is CCc1nc(S(=O)(=O)O)nc(-c2ccccc2)c1Cl. The molecule has 100 valence electrons. The number of aromatic nitrogens is 2. The highest BCUT2D eigenvalue weighted by atomic mass is 35.5. The van der Waals surface area contributed by atoms with Crippen LogP contribution >= 0.6 is 11.6 Å². The van der Waals surface area contributed by atoms with Crippen LogP contribution in [0.15, 0.2) is 35.5 Å². The first-order valence-electron chi connectivity index (χ1n) is 5.52. The summed E-state index contributed by atoms with van der Waals surface area (Å²) in [6.07, 6.45) is 0.434. The van der Waals surface area contributed by atoms with Crippen molar-refractivity contribution in [3.05, 3.63) is 41.0 Å². The first-order valence-corrected chi connectivity index (χ1v) is 7.34. The van der Waals surface area contributed by atoms with Crippen LogP contribution < -0.4 is 0 Å². The van der Waals surface area contributed by atoms with Crippen LogP contribution in [0.3, 0.4) is 0 Å². The molecule has 0 fully saturated rings. The number of rotatable bonds is 3. The average Bonchev–Trinajstić information content (AvgIpc) is 2.38. The van der Waals surface area contributed by atoms with Crippen molar-refractivity contribution >= 4 is 21.7 Å². The van der Waals surface area contributed by atoms with E-state index in [4.69, 9.17) is 16.2 Å². The number of hydrogen-bond donors (Lipinski definition) is 1. The second-order valence-electron chi connectivity index (χ2n) is 3.81. The van der Waals surface area contributed by atoms with Gasteiger partial charge in [0, 0.05) is 5.56 Å². The third-order valence-corrected chi connectivity index (χ3v) is 3.55. The summed E-state index contributed by atoms with van der Waals surface area (Å²) in [5.41, 5.74) is 1.33. The molecule has 5 nitrogen and oxygen atoms in total. The highest BCUT2D eigenvalue weighted by Gasteiger charge is 2.20. The van der Waals surface area contributed by atoms with Crippen LogP contribution in [0, 0.1) is 0 Å². The Bertz CT molecular complexity index is 702. The molecule has 0 saturated carbocycles. The van der Waals surface area contributed by atoms with Crippen molar-refractivity contribution in [1.29, 1.82) is 0 Å². The fourth-order valence-corrected chi connectivity index (χ4v) is 2.37. The summed E-state index contributed by atoms with van der Waals surface area (Å²) in [6.45, 7) is 1.79. The van der Waals surface area contributed by atoms with Crippen molar-refractivity contribution in [2.45, 2.75) is 18.5 Å². The van der Waals surface area contributed by atoms with Crippen LogP contribution in [0.5, 0.6) is 0 Å². The van der Waals surface area contributed by atoms with Crippen LogP contribution in [0.1, 0.15) is 12.6 Å². The van der Waals surface area contributed by atoms with E-state index in [1.807, 2.05) is 6.07 Å².